The molecule has 82 valence electrons. The molecule has 0 aliphatic carbocycles. The second-order valence-corrected chi connectivity index (χ2v) is 3.51. The minimum Gasteiger partial charge on any atom is -0.357 e. The van der Waals surface area contributed by atoms with Gasteiger partial charge in [0.25, 0.3) is 5.56 Å². The van der Waals surface area contributed by atoms with Gasteiger partial charge in [0.15, 0.2) is 0 Å². The molecule has 1 N–H and O–H groups in total. The van der Waals surface area contributed by atoms with E-state index in [4.69, 9.17) is 11.6 Å². The summed E-state index contributed by atoms with van der Waals surface area (Å²) < 4.78 is 1.30. The molecule has 1 unspecified atom stereocenters. The molecule has 6 heteroatoms. The number of carbonyl (C=O) groups excluding carboxylic acids is 1. The van der Waals surface area contributed by atoms with Crippen LogP contribution in [0.3, 0.4) is 0 Å². The Labute approximate surface area is 92.1 Å². The van der Waals surface area contributed by atoms with Crippen LogP contribution < -0.4 is 10.9 Å². The Morgan fingerprint density at radius 3 is 2.73 bits per heavy atom. The van der Waals surface area contributed by atoms with E-state index in [9.17, 15) is 9.59 Å². The first kappa shape index (κ1) is 11.7. The number of aryl methyl sites for hydroxylation is 1. The van der Waals surface area contributed by atoms with Gasteiger partial charge in [0.2, 0.25) is 5.91 Å². The highest BCUT2D eigenvalue weighted by molar-refractivity contribution is 6.29. The second kappa shape index (κ2) is 4.44. The van der Waals surface area contributed by atoms with Gasteiger partial charge in [-0.25, -0.2) is 4.98 Å². The fourth-order valence-corrected chi connectivity index (χ4v) is 1.58. The highest BCUT2D eigenvalue weighted by Gasteiger charge is 2.17. The van der Waals surface area contributed by atoms with Crippen LogP contribution in [-0.2, 0) is 4.79 Å². The van der Waals surface area contributed by atoms with Gasteiger partial charge in [0, 0.05) is 13.1 Å². The summed E-state index contributed by atoms with van der Waals surface area (Å²) in [5, 5.41) is 2.61. The van der Waals surface area contributed by atoms with Crippen LogP contribution in [0.5, 0.6) is 0 Å². The molecule has 1 amide bonds. The Morgan fingerprint density at radius 2 is 2.27 bits per heavy atom. The Kier molecular flexibility index (Phi) is 3.47. The molecule has 5 nitrogen and oxygen atoms in total. The van der Waals surface area contributed by atoms with Gasteiger partial charge in [-0.05, 0) is 13.8 Å². The molecule has 0 aliphatic heterocycles. The smallest absolute Gasteiger partial charge is 0.255 e. The van der Waals surface area contributed by atoms with Gasteiger partial charge >= 0.3 is 0 Å². The van der Waals surface area contributed by atoms with Crippen LogP contribution >= 0.6 is 11.6 Å². The minimum atomic E-state index is -0.590. The van der Waals surface area contributed by atoms with E-state index < -0.39 is 6.04 Å². The standard InChI is InChI=1S/C9H12ClN3O2/c1-5(9(15)11-3)13-6(2)12-7(10)4-8(13)14/h4-5H,1-3H3,(H,11,15). The van der Waals surface area contributed by atoms with E-state index in [0.29, 0.717) is 5.82 Å². The molecule has 0 radical (unpaired) electrons. The average molecular weight is 230 g/mol. The highest BCUT2D eigenvalue weighted by Crippen LogP contribution is 2.07. The van der Waals surface area contributed by atoms with Crippen molar-refractivity contribution in [2.75, 3.05) is 7.05 Å². The van der Waals surface area contributed by atoms with E-state index in [1.165, 1.54) is 17.7 Å². The van der Waals surface area contributed by atoms with Crippen LogP contribution in [0.4, 0.5) is 0 Å². The number of nitrogens with one attached hydrogen (secondary N) is 1. The average Bonchev–Trinajstić information content (AvgIpc) is 2.14. The lowest BCUT2D eigenvalue weighted by atomic mass is 10.3. The number of aromatic nitrogens is 2. The van der Waals surface area contributed by atoms with Crippen LogP contribution in [0.15, 0.2) is 10.9 Å². The van der Waals surface area contributed by atoms with Gasteiger partial charge in [-0.1, -0.05) is 11.6 Å². The summed E-state index contributed by atoms with van der Waals surface area (Å²) in [6.07, 6.45) is 0. The van der Waals surface area contributed by atoms with Crippen molar-refractivity contribution in [3.63, 3.8) is 0 Å². The lowest BCUT2D eigenvalue weighted by Crippen LogP contribution is -2.35. The molecular weight excluding hydrogens is 218 g/mol. The predicted octanol–water partition coefficient (Wildman–Crippen LogP) is 0.512. The monoisotopic (exact) mass is 229 g/mol. The Morgan fingerprint density at radius 1 is 1.67 bits per heavy atom. The normalized spacial score (nSPS) is 12.3. The number of hydrogen-bond acceptors (Lipinski definition) is 3. The maximum Gasteiger partial charge on any atom is 0.255 e. The number of likely N-dealkylation sites (N-methyl/N-ethyl adjacent to an activating group) is 1. The molecule has 1 aromatic rings. The maximum atomic E-state index is 11.6. The van der Waals surface area contributed by atoms with E-state index in [1.54, 1.807) is 13.8 Å². The zero-order valence-electron chi connectivity index (χ0n) is 8.74. The molecule has 0 bridgehead atoms. The van der Waals surface area contributed by atoms with E-state index in [2.05, 4.69) is 10.3 Å². The van der Waals surface area contributed by atoms with E-state index in [0.717, 1.165) is 0 Å². The molecule has 0 saturated heterocycles. The summed E-state index contributed by atoms with van der Waals surface area (Å²) in [5.41, 5.74) is -0.330. The van der Waals surface area contributed by atoms with Gasteiger partial charge < -0.3 is 5.32 Å². The number of carbonyl (C=O) groups is 1. The number of halogens is 1. The van der Waals surface area contributed by atoms with Crippen molar-refractivity contribution in [3.05, 3.63) is 27.4 Å². The molecule has 0 spiro atoms. The van der Waals surface area contributed by atoms with Crippen LogP contribution in [0.1, 0.15) is 18.8 Å². The summed E-state index contributed by atoms with van der Waals surface area (Å²) in [4.78, 5) is 26.9. The zero-order valence-corrected chi connectivity index (χ0v) is 9.50. The molecule has 1 heterocycles. The fraction of sp³-hybridized carbons (Fsp3) is 0.444. The number of rotatable bonds is 2. The number of hydrogen-bond donors (Lipinski definition) is 1. The van der Waals surface area contributed by atoms with Gasteiger partial charge in [0.05, 0.1) is 0 Å². The van der Waals surface area contributed by atoms with Crippen molar-refractivity contribution in [2.45, 2.75) is 19.9 Å². The summed E-state index contributed by atoms with van der Waals surface area (Å²) in [5.74, 6) is 0.174. The molecule has 0 fully saturated rings. The van der Waals surface area contributed by atoms with Crippen LogP contribution in [0, 0.1) is 6.92 Å². The molecule has 0 aromatic carbocycles. The van der Waals surface area contributed by atoms with E-state index >= 15 is 0 Å². The zero-order chi connectivity index (χ0) is 11.6. The van der Waals surface area contributed by atoms with Crippen LogP contribution in [0.2, 0.25) is 5.15 Å². The van der Waals surface area contributed by atoms with Crippen LogP contribution in [-0.4, -0.2) is 22.5 Å². The van der Waals surface area contributed by atoms with Gasteiger partial charge in [-0.15, -0.1) is 0 Å². The quantitative estimate of drug-likeness (QED) is 0.752. The van der Waals surface area contributed by atoms with Gasteiger partial charge in [-0.2, -0.15) is 0 Å². The van der Waals surface area contributed by atoms with Crippen molar-refractivity contribution in [1.82, 2.24) is 14.9 Å². The van der Waals surface area contributed by atoms with Crippen molar-refractivity contribution in [2.24, 2.45) is 0 Å². The molecular formula is C9H12ClN3O2. The predicted molar refractivity (Wildman–Crippen MR) is 57.0 cm³/mol. The third kappa shape index (κ3) is 2.36. The first-order chi connectivity index (χ1) is 6.97. The number of nitrogens with zero attached hydrogens (tertiary/aromatic N) is 2. The lowest BCUT2D eigenvalue weighted by molar-refractivity contribution is -0.123. The molecule has 1 aromatic heterocycles. The minimum absolute atomic E-state index is 0.137. The molecule has 1 atom stereocenters. The number of amides is 1. The molecule has 15 heavy (non-hydrogen) atoms. The van der Waals surface area contributed by atoms with Crippen molar-refractivity contribution < 1.29 is 4.79 Å². The molecule has 1 rings (SSSR count). The Bertz CT molecular complexity index is 441. The SMILES string of the molecule is CNC(=O)C(C)n1c(C)nc(Cl)cc1=O. The Hall–Kier alpha value is -1.36. The molecule has 0 aliphatic rings. The lowest BCUT2D eigenvalue weighted by Gasteiger charge is -2.15. The summed E-state index contributed by atoms with van der Waals surface area (Å²) in [7, 11) is 1.52. The second-order valence-electron chi connectivity index (χ2n) is 3.12. The van der Waals surface area contributed by atoms with Gasteiger partial charge in [0.1, 0.15) is 17.0 Å². The first-order valence-corrected chi connectivity index (χ1v) is 4.82. The van der Waals surface area contributed by atoms with Crippen molar-refractivity contribution in [3.8, 4) is 0 Å². The largest absolute Gasteiger partial charge is 0.357 e. The highest BCUT2D eigenvalue weighted by atomic mass is 35.5. The summed E-state index contributed by atoms with van der Waals surface area (Å²) >= 11 is 5.62. The fourth-order valence-electron chi connectivity index (χ4n) is 1.37. The van der Waals surface area contributed by atoms with E-state index in [1.807, 2.05) is 0 Å². The first-order valence-electron chi connectivity index (χ1n) is 4.44. The van der Waals surface area contributed by atoms with Crippen molar-refractivity contribution in [1.29, 1.82) is 0 Å². The molecule has 0 saturated carbocycles. The van der Waals surface area contributed by atoms with Gasteiger partial charge in [-0.3, -0.25) is 14.2 Å². The summed E-state index contributed by atoms with van der Waals surface area (Å²) in [6.45, 7) is 3.26. The summed E-state index contributed by atoms with van der Waals surface area (Å²) in [6, 6.07) is 0.598. The van der Waals surface area contributed by atoms with E-state index in [-0.39, 0.29) is 16.6 Å². The third-order valence-electron chi connectivity index (χ3n) is 2.11. The maximum absolute atomic E-state index is 11.6. The topological polar surface area (TPSA) is 64.0 Å². The Balaban J connectivity index is 3.26. The third-order valence-corrected chi connectivity index (χ3v) is 2.30. The van der Waals surface area contributed by atoms with Crippen LogP contribution in [0.25, 0.3) is 0 Å². The van der Waals surface area contributed by atoms with Crippen molar-refractivity contribution >= 4 is 17.5 Å².